The molecule has 1 rings (SSSR count). The number of para-hydroxylation sites is 1. The van der Waals surface area contributed by atoms with Crippen LogP contribution in [0.25, 0.3) is 0 Å². The zero-order chi connectivity index (χ0) is 11.8. The van der Waals surface area contributed by atoms with Crippen LogP contribution in [0.15, 0.2) is 54.1 Å². The highest BCUT2D eigenvalue weighted by atomic mass is 16.1. The summed E-state index contributed by atoms with van der Waals surface area (Å²) in [5.41, 5.74) is 1.52. The molecule has 0 bridgehead atoms. The van der Waals surface area contributed by atoms with Crippen molar-refractivity contribution in [3.63, 3.8) is 0 Å². The highest BCUT2D eigenvalue weighted by molar-refractivity contribution is 6.05. The summed E-state index contributed by atoms with van der Waals surface area (Å²) in [5, 5.41) is 2.85. The van der Waals surface area contributed by atoms with Crippen LogP contribution >= 0.6 is 0 Å². The van der Waals surface area contributed by atoms with Crippen molar-refractivity contribution in [3.05, 3.63) is 54.1 Å². The Kier molecular flexibility index (Phi) is 5.06. The number of allylic oxidation sites excluding steroid dienone is 2. The molecule has 0 aliphatic carbocycles. The molecular formula is C14H17NO. The van der Waals surface area contributed by atoms with Gasteiger partial charge in [0, 0.05) is 11.3 Å². The molecule has 2 nitrogen and oxygen atoms in total. The van der Waals surface area contributed by atoms with E-state index in [4.69, 9.17) is 0 Å². The summed E-state index contributed by atoms with van der Waals surface area (Å²) in [5.74, 6) is -0.0637. The zero-order valence-electron chi connectivity index (χ0n) is 9.73. The third-order valence-electron chi connectivity index (χ3n) is 2.06. The normalized spacial score (nSPS) is 11.8. The van der Waals surface area contributed by atoms with Crippen LogP contribution in [0.1, 0.15) is 20.3 Å². The monoisotopic (exact) mass is 215 g/mol. The van der Waals surface area contributed by atoms with Crippen molar-refractivity contribution in [2.24, 2.45) is 0 Å². The summed E-state index contributed by atoms with van der Waals surface area (Å²) in [6.45, 7) is 3.92. The summed E-state index contributed by atoms with van der Waals surface area (Å²) in [7, 11) is 0. The number of amides is 1. The molecule has 2 heteroatoms. The van der Waals surface area contributed by atoms with Crippen LogP contribution in [0.5, 0.6) is 0 Å². The molecule has 0 unspecified atom stereocenters. The van der Waals surface area contributed by atoms with Crippen molar-refractivity contribution in [2.75, 3.05) is 5.32 Å². The van der Waals surface area contributed by atoms with E-state index in [9.17, 15) is 4.79 Å². The molecule has 0 aliphatic heterocycles. The van der Waals surface area contributed by atoms with Crippen molar-refractivity contribution >= 4 is 11.6 Å². The molecule has 1 N–H and O–H groups in total. The average molecular weight is 215 g/mol. The molecule has 0 saturated heterocycles. The van der Waals surface area contributed by atoms with E-state index in [-0.39, 0.29) is 5.91 Å². The van der Waals surface area contributed by atoms with Crippen molar-refractivity contribution in [1.82, 2.24) is 0 Å². The van der Waals surface area contributed by atoms with Gasteiger partial charge in [-0.3, -0.25) is 4.79 Å². The number of anilines is 1. The van der Waals surface area contributed by atoms with Gasteiger partial charge >= 0.3 is 0 Å². The lowest BCUT2D eigenvalue weighted by Crippen LogP contribution is -2.13. The molecule has 0 aromatic heterocycles. The predicted octanol–water partition coefficient (Wildman–Crippen LogP) is 3.54. The Labute approximate surface area is 96.7 Å². The van der Waals surface area contributed by atoms with E-state index in [1.54, 1.807) is 0 Å². The molecule has 0 aliphatic rings. The fourth-order valence-electron chi connectivity index (χ4n) is 1.36. The Morgan fingerprint density at radius 2 is 2.00 bits per heavy atom. The molecule has 0 saturated carbocycles. The standard InChI is InChI=1S/C14H17NO/c1-3-8-12(9-4-2)14(16)15-13-10-6-5-7-11-13/h3,5-11H,4H2,1-2H3,(H,15,16)/b8-3-,12-9+. The molecule has 0 fully saturated rings. The van der Waals surface area contributed by atoms with Crippen molar-refractivity contribution in [3.8, 4) is 0 Å². The van der Waals surface area contributed by atoms with Crippen LogP contribution in [0.4, 0.5) is 5.69 Å². The van der Waals surface area contributed by atoms with E-state index in [2.05, 4.69) is 5.32 Å². The second-order valence-electron chi connectivity index (χ2n) is 3.39. The SMILES string of the molecule is C/C=C\C(=C/CC)C(=O)Nc1ccccc1. The fraction of sp³-hybridized carbons (Fsp3) is 0.214. The average Bonchev–Trinajstić information content (AvgIpc) is 2.30. The summed E-state index contributed by atoms with van der Waals surface area (Å²) in [4.78, 5) is 11.9. The number of hydrogen-bond donors (Lipinski definition) is 1. The van der Waals surface area contributed by atoms with Gasteiger partial charge in [-0.1, -0.05) is 43.4 Å². The zero-order valence-corrected chi connectivity index (χ0v) is 9.73. The lowest BCUT2D eigenvalue weighted by Gasteiger charge is -2.05. The van der Waals surface area contributed by atoms with Crippen LogP contribution in [0, 0.1) is 0 Å². The molecule has 1 aromatic carbocycles. The number of hydrogen-bond acceptors (Lipinski definition) is 1. The molecule has 0 atom stereocenters. The molecule has 0 spiro atoms. The lowest BCUT2D eigenvalue weighted by molar-refractivity contribution is -0.112. The predicted molar refractivity (Wildman–Crippen MR) is 68.3 cm³/mol. The Hall–Kier alpha value is -1.83. The number of carbonyl (C=O) groups excluding carboxylic acids is 1. The Balaban J connectivity index is 2.74. The number of rotatable bonds is 4. The van der Waals surface area contributed by atoms with Gasteiger partial charge < -0.3 is 5.32 Å². The highest BCUT2D eigenvalue weighted by Crippen LogP contribution is 2.08. The third-order valence-corrected chi connectivity index (χ3v) is 2.06. The smallest absolute Gasteiger partial charge is 0.255 e. The number of benzene rings is 1. The molecule has 16 heavy (non-hydrogen) atoms. The first kappa shape index (κ1) is 12.2. The van der Waals surface area contributed by atoms with Gasteiger partial charge in [-0.05, 0) is 25.5 Å². The van der Waals surface area contributed by atoms with E-state index < -0.39 is 0 Å². The van der Waals surface area contributed by atoms with E-state index >= 15 is 0 Å². The lowest BCUT2D eigenvalue weighted by atomic mass is 10.2. The minimum Gasteiger partial charge on any atom is -0.322 e. The van der Waals surface area contributed by atoms with Gasteiger partial charge in [0.25, 0.3) is 5.91 Å². The quantitative estimate of drug-likeness (QED) is 0.604. The molecule has 0 heterocycles. The maximum atomic E-state index is 11.9. The van der Waals surface area contributed by atoms with Gasteiger partial charge in [-0.25, -0.2) is 0 Å². The topological polar surface area (TPSA) is 29.1 Å². The number of carbonyl (C=O) groups is 1. The third kappa shape index (κ3) is 3.73. The first-order valence-electron chi connectivity index (χ1n) is 5.47. The molecule has 1 amide bonds. The first-order chi connectivity index (χ1) is 7.77. The number of nitrogens with one attached hydrogen (secondary N) is 1. The maximum absolute atomic E-state index is 11.9. The van der Waals surface area contributed by atoms with Gasteiger partial charge in [0.15, 0.2) is 0 Å². The van der Waals surface area contributed by atoms with Crippen molar-refractivity contribution < 1.29 is 4.79 Å². The Bertz CT molecular complexity index is 390. The maximum Gasteiger partial charge on any atom is 0.255 e. The molecular weight excluding hydrogens is 198 g/mol. The highest BCUT2D eigenvalue weighted by Gasteiger charge is 2.05. The largest absolute Gasteiger partial charge is 0.322 e. The van der Waals surface area contributed by atoms with Gasteiger partial charge in [-0.2, -0.15) is 0 Å². The van der Waals surface area contributed by atoms with Crippen LogP contribution in [0.3, 0.4) is 0 Å². The van der Waals surface area contributed by atoms with E-state index in [1.165, 1.54) is 0 Å². The second kappa shape index (κ2) is 6.62. The Morgan fingerprint density at radius 1 is 1.31 bits per heavy atom. The van der Waals surface area contributed by atoms with Crippen molar-refractivity contribution in [2.45, 2.75) is 20.3 Å². The van der Waals surface area contributed by atoms with Gasteiger partial charge in [-0.15, -0.1) is 0 Å². The van der Waals surface area contributed by atoms with Crippen LogP contribution in [-0.2, 0) is 4.79 Å². The van der Waals surface area contributed by atoms with Crippen molar-refractivity contribution in [1.29, 1.82) is 0 Å². The van der Waals surface area contributed by atoms with Gasteiger partial charge in [0.05, 0.1) is 0 Å². The van der Waals surface area contributed by atoms with Crippen LogP contribution in [-0.4, -0.2) is 5.91 Å². The molecule has 0 radical (unpaired) electrons. The molecule has 84 valence electrons. The minimum absolute atomic E-state index is 0.0637. The van der Waals surface area contributed by atoms with E-state index in [1.807, 2.05) is 62.4 Å². The van der Waals surface area contributed by atoms with E-state index in [0.717, 1.165) is 12.1 Å². The molecule has 1 aromatic rings. The Morgan fingerprint density at radius 3 is 2.56 bits per heavy atom. The van der Waals surface area contributed by atoms with Gasteiger partial charge in [0.1, 0.15) is 0 Å². The fourth-order valence-corrected chi connectivity index (χ4v) is 1.36. The summed E-state index contributed by atoms with van der Waals surface area (Å²) >= 11 is 0. The van der Waals surface area contributed by atoms with E-state index in [0.29, 0.717) is 5.57 Å². The van der Waals surface area contributed by atoms with Gasteiger partial charge in [0.2, 0.25) is 0 Å². The van der Waals surface area contributed by atoms with Crippen LogP contribution in [0.2, 0.25) is 0 Å². The van der Waals surface area contributed by atoms with Crippen LogP contribution < -0.4 is 5.32 Å². The second-order valence-corrected chi connectivity index (χ2v) is 3.39. The summed E-state index contributed by atoms with van der Waals surface area (Å²) in [6.07, 6.45) is 6.45. The first-order valence-corrected chi connectivity index (χ1v) is 5.47. The summed E-state index contributed by atoms with van der Waals surface area (Å²) < 4.78 is 0. The summed E-state index contributed by atoms with van der Waals surface area (Å²) in [6, 6.07) is 9.46. The minimum atomic E-state index is -0.0637.